The van der Waals surface area contributed by atoms with Crippen LogP contribution in [-0.2, 0) is 6.42 Å². The molecule has 0 aromatic carbocycles. The molecule has 1 saturated heterocycles. The number of rotatable bonds is 5. The molecule has 16 heavy (non-hydrogen) atoms. The Kier molecular flexibility index (Phi) is 4.34. The van der Waals surface area contributed by atoms with E-state index in [1.807, 2.05) is 0 Å². The second kappa shape index (κ2) is 5.99. The molecular formula is C12H21N3O. The number of hydrogen-bond donors (Lipinski definition) is 1. The largest absolute Gasteiger partial charge is 0.425 e. The number of nitrogens with zero attached hydrogens (tertiary/aromatic N) is 2. The highest BCUT2D eigenvalue weighted by molar-refractivity contribution is 4.94. The van der Waals surface area contributed by atoms with Crippen LogP contribution in [0.1, 0.15) is 56.7 Å². The molecule has 0 unspecified atom stereocenters. The maximum Gasteiger partial charge on any atom is 0.219 e. The zero-order chi connectivity index (χ0) is 11.2. The lowest BCUT2D eigenvalue weighted by Gasteiger charge is -2.18. The average Bonchev–Trinajstić information content (AvgIpc) is 2.79. The second-order valence-corrected chi connectivity index (χ2v) is 4.52. The molecule has 1 aromatic heterocycles. The van der Waals surface area contributed by atoms with Crippen LogP contribution in [0.5, 0.6) is 0 Å². The molecule has 1 aliphatic rings. The minimum absolute atomic E-state index is 0.480. The van der Waals surface area contributed by atoms with Crippen molar-refractivity contribution >= 4 is 0 Å². The van der Waals surface area contributed by atoms with Crippen LogP contribution in [0.15, 0.2) is 4.42 Å². The van der Waals surface area contributed by atoms with Gasteiger partial charge in [-0.1, -0.05) is 19.8 Å². The van der Waals surface area contributed by atoms with Gasteiger partial charge in [-0.2, -0.15) is 0 Å². The summed E-state index contributed by atoms with van der Waals surface area (Å²) in [6.45, 7) is 4.34. The molecule has 0 atom stereocenters. The van der Waals surface area contributed by atoms with Gasteiger partial charge in [0, 0.05) is 12.3 Å². The minimum atomic E-state index is 0.480. The molecular weight excluding hydrogens is 202 g/mol. The molecule has 90 valence electrons. The van der Waals surface area contributed by atoms with E-state index in [9.17, 15) is 0 Å². The summed E-state index contributed by atoms with van der Waals surface area (Å²) in [6, 6.07) is 0. The fourth-order valence-electron chi connectivity index (χ4n) is 2.13. The highest BCUT2D eigenvalue weighted by atomic mass is 16.4. The summed E-state index contributed by atoms with van der Waals surface area (Å²) >= 11 is 0. The van der Waals surface area contributed by atoms with Crippen LogP contribution in [0.3, 0.4) is 0 Å². The summed E-state index contributed by atoms with van der Waals surface area (Å²) in [5, 5.41) is 11.6. The van der Waals surface area contributed by atoms with Crippen LogP contribution in [0.25, 0.3) is 0 Å². The lowest BCUT2D eigenvalue weighted by Crippen LogP contribution is -2.26. The average molecular weight is 223 g/mol. The molecule has 1 aliphatic heterocycles. The summed E-state index contributed by atoms with van der Waals surface area (Å²) < 4.78 is 5.72. The van der Waals surface area contributed by atoms with Crippen molar-refractivity contribution in [1.82, 2.24) is 15.5 Å². The van der Waals surface area contributed by atoms with E-state index in [-0.39, 0.29) is 0 Å². The fraction of sp³-hybridized carbons (Fsp3) is 0.833. The van der Waals surface area contributed by atoms with Crippen LogP contribution in [0.4, 0.5) is 0 Å². The first-order valence-corrected chi connectivity index (χ1v) is 6.43. The van der Waals surface area contributed by atoms with Crippen molar-refractivity contribution in [2.24, 2.45) is 0 Å². The smallest absolute Gasteiger partial charge is 0.219 e. The SMILES string of the molecule is CCCCCc1nnc(C2CCNCC2)o1. The molecule has 0 saturated carbocycles. The first kappa shape index (κ1) is 11.6. The number of piperidine rings is 1. The quantitative estimate of drug-likeness (QED) is 0.778. The zero-order valence-corrected chi connectivity index (χ0v) is 10.0. The normalized spacial score (nSPS) is 17.8. The maximum atomic E-state index is 5.72. The molecule has 0 bridgehead atoms. The van der Waals surface area contributed by atoms with Crippen LogP contribution in [-0.4, -0.2) is 23.3 Å². The predicted octanol–water partition coefficient (Wildman–Crippen LogP) is 2.27. The van der Waals surface area contributed by atoms with E-state index in [4.69, 9.17) is 4.42 Å². The molecule has 1 aromatic rings. The molecule has 4 nitrogen and oxygen atoms in total. The summed E-state index contributed by atoms with van der Waals surface area (Å²) in [6.07, 6.45) is 6.81. The highest BCUT2D eigenvalue weighted by Crippen LogP contribution is 2.24. The van der Waals surface area contributed by atoms with E-state index >= 15 is 0 Å². The maximum absolute atomic E-state index is 5.72. The number of nitrogens with one attached hydrogen (secondary N) is 1. The van der Waals surface area contributed by atoms with E-state index < -0.39 is 0 Å². The Bertz CT molecular complexity index is 305. The first-order chi connectivity index (χ1) is 7.90. The highest BCUT2D eigenvalue weighted by Gasteiger charge is 2.20. The monoisotopic (exact) mass is 223 g/mol. The van der Waals surface area contributed by atoms with Crippen molar-refractivity contribution < 1.29 is 4.42 Å². The van der Waals surface area contributed by atoms with Crippen LogP contribution in [0.2, 0.25) is 0 Å². The van der Waals surface area contributed by atoms with Crippen molar-refractivity contribution in [2.45, 2.75) is 51.4 Å². The third kappa shape index (κ3) is 3.04. The molecule has 4 heteroatoms. The van der Waals surface area contributed by atoms with Crippen molar-refractivity contribution in [3.05, 3.63) is 11.8 Å². The fourth-order valence-corrected chi connectivity index (χ4v) is 2.13. The van der Waals surface area contributed by atoms with Crippen molar-refractivity contribution in [3.63, 3.8) is 0 Å². The lowest BCUT2D eigenvalue weighted by atomic mass is 9.98. The molecule has 2 heterocycles. The third-order valence-corrected chi connectivity index (χ3v) is 3.17. The Morgan fingerprint density at radius 3 is 2.81 bits per heavy atom. The Labute approximate surface area is 96.8 Å². The molecule has 0 spiro atoms. The van der Waals surface area contributed by atoms with Gasteiger partial charge in [-0.25, -0.2) is 0 Å². The van der Waals surface area contributed by atoms with Gasteiger partial charge in [-0.3, -0.25) is 0 Å². The van der Waals surface area contributed by atoms with Gasteiger partial charge in [0.25, 0.3) is 0 Å². The molecule has 0 aliphatic carbocycles. The van der Waals surface area contributed by atoms with Crippen molar-refractivity contribution in [2.75, 3.05) is 13.1 Å². The Morgan fingerprint density at radius 2 is 2.06 bits per heavy atom. The third-order valence-electron chi connectivity index (χ3n) is 3.17. The Hall–Kier alpha value is -0.900. The Morgan fingerprint density at radius 1 is 1.25 bits per heavy atom. The Balaban J connectivity index is 1.85. The van der Waals surface area contributed by atoms with E-state index in [1.54, 1.807) is 0 Å². The van der Waals surface area contributed by atoms with Gasteiger partial charge in [-0.05, 0) is 32.4 Å². The van der Waals surface area contributed by atoms with Crippen molar-refractivity contribution in [1.29, 1.82) is 0 Å². The van der Waals surface area contributed by atoms with E-state index in [2.05, 4.69) is 22.4 Å². The van der Waals surface area contributed by atoms with Gasteiger partial charge < -0.3 is 9.73 Å². The first-order valence-electron chi connectivity index (χ1n) is 6.43. The van der Waals surface area contributed by atoms with Crippen LogP contribution in [0, 0.1) is 0 Å². The summed E-state index contributed by atoms with van der Waals surface area (Å²) in [5.41, 5.74) is 0. The van der Waals surface area contributed by atoms with Gasteiger partial charge in [0.1, 0.15) is 0 Å². The molecule has 0 radical (unpaired) electrons. The summed E-state index contributed by atoms with van der Waals surface area (Å²) in [5.74, 6) is 2.16. The lowest BCUT2D eigenvalue weighted by molar-refractivity contribution is 0.358. The molecule has 1 fully saturated rings. The topological polar surface area (TPSA) is 51.0 Å². The summed E-state index contributed by atoms with van der Waals surface area (Å²) in [7, 11) is 0. The number of aryl methyl sites for hydroxylation is 1. The molecule has 1 N–H and O–H groups in total. The van der Waals surface area contributed by atoms with Gasteiger partial charge in [0.2, 0.25) is 11.8 Å². The second-order valence-electron chi connectivity index (χ2n) is 4.52. The number of aromatic nitrogens is 2. The minimum Gasteiger partial charge on any atom is -0.425 e. The van der Waals surface area contributed by atoms with E-state index in [0.717, 1.165) is 50.6 Å². The van der Waals surface area contributed by atoms with Crippen LogP contribution < -0.4 is 5.32 Å². The number of hydrogen-bond acceptors (Lipinski definition) is 4. The van der Waals surface area contributed by atoms with Gasteiger partial charge in [-0.15, -0.1) is 10.2 Å². The van der Waals surface area contributed by atoms with Crippen molar-refractivity contribution in [3.8, 4) is 0 Å². The van der Waals surface area contributed by atoms with E-state index in [1.165, 1.54) is 12.8 Å². The standard InChI is InChI=1S/C12H21N3O/c1-2-3-4-5-11-14-15-12(16-11)10-6-8-13-9-7-10/h10,13H,2-9H2,1H3. The van der Waals surface area contributed by atoms with Gasteiger partial charge in [0.15, 0.2) is 0 Å². The molecule has 0 amide bonds. The van der Waals surface area contributed by atoms with Gasteiger partial charge >= 0.3 is 0 Å². The van der Waals surface area contributed by atoms with Gasteiger partial charge in [0.05, 0.1) is 0 Å². The van der Waals surface area contributed by atoms with E-state index in [0.29, 0.717) is 5.92 Å². The van der Waals surface area contributed by atoms with Crippen LogP contribution >= 0.6 is 0 Å². The predicted molar refractivity (Wildman–Crippen MR) is 62.4 cm³/mol. The number of unbranched alkanes of at least 4 members (excludes halogenated alkanes) is 2. The summed E-state index contributed by atoms with van der Waals surface area (Å²) in [4.78, 5) is 0. The zero-order valence-electron chi connectivity index (χ0n) is 10.0. The molecule has 2 rings (SSSR count).